The molecule has 8 heteroatoms. The first-order chi connectivity index (χ1) is 11.1. The Morgan fingerprint density at radius 2 is 2.04 bits per heavy atom. The number of sulfonamides is 1. The summed E-state index contributed by atoms with van der Waals surface area (Å²) >= 11 is 0. The normalized spacial score (nSPS) is 18.3. The maximum atomic E-state index is 12.3. The summed E-state index contributed by atoms with van der Waals surface area (Å²) in [6.45, 7) is 5.77. The summed E-state index contributed by atoms with van der Waals surface area (Å²) < 4.78 is 26.7. The molecule has 1 aromatic carbocycles. The van der Waals surface area contributed by atoms with Crippen LogP contribution in [-0.4, -0.2) is 32.7 Å². The van der Waals surface area contributed by atoms with Crippen molar-refractivity contribution < 1.29 is 13.2 Å². The van der Waals surface area contributed by atoms with Gasteiger partial charge in [0.05, 0.1) is 11.0 Å². The summed E-state index contributed by atoms with van der Waals surface area (Å²) in [4.78, 5) is 16.8. The fraction of sp³-hybridized carbons (Fsp3) is 0.438. The van der Waals surface area contributed by atoms with Crippen molar-refractivity contribution >= 4 is 21.8 Å². The van der Waals surface area contributed by atoms with Gasteiger partial charge >= 0.3 is 0 Å². The number of amidine groups is 1. The number of carbonyl (C=O) groups is 1. The molecule has 1 atom stereocenters. The van der Waals surface area contributed by atoms with Crippen LogP contribution >= 0.6 is 0 Å². The van der Waals surface area contributed by atoms with Gasteiger partial charge in [-0.3, -0.25) is 14.5 Å². The molecule has 2 rings (SSSR count). The van der Waals surface area contributed by atoms with E-state index in [1.807, 2.05) is 26.8 Å². The Balaban J connectivity index is 2.40. The summed E-state index contributed by atoms with van der Waals surface area (Å²) in [6, 6.07) is 7.54. The van der Waals surface area contributed by atoms with Gasteiger partial charge in [0.2, 0.25) is 5.91 Å². The highest BCUT2D eigenvalue weighted by Crippen LogP contribution is 2.26. The molecule has 0 spiro atoms. The number of nitriles is 1. The van der Waals surface area contributed by atoms with Crippen molar-refractivity contribution in [1.82, 2.24) is 10.0 Å². The van der Waals surface area contributed by atoms with E-state index in [0.717, 1.165) is 0 Å². The van der Waals surface area contributed by atoms with E-state index in [2.05, 4.69) is 15.0 Å². The lowest BCUT2D eigenvalue weighted by Crippen LogP contribution is -2.38. The Hall–Kier alpha value is -2.40. The SMILES string of the molecule is CC(C)(C)C[C@H](N=C1NS(=O)(=O)c2ccccc21)C(=O)NCC#N. The number of hydrogen-bond donors (Lipinski definition) is 2. The second-order valence-electron chi connectivity index (χ2n) is 6.74. The molecule has 2 N–H and O–H groups in total. The number of fused-ring (bicyclic) bond motifs is 1. The lowest BCUT2D eigenvalue weighted by molar-refractivity contribution is -0.122. The molecule has 0 saturated carbocycles. The molecule has 0 saturated heterocycles. The van der Waals surface area contributed by atoms with Crippen molar-refractivity contribution in [3.05, 3.63) is 29.8 Å². The van der Waals surface area contributed by atoms with E-state index in [1.54, 1.807) is 18.2 Å². The minimum Gasteiger partial charge on any atom is -0.341 e. The maximum absolute atomic E-state index is 12.3. The molecule has 7 nitrogen and oxygen atoms in total. The summed E-state index contributed by atoms with van der Waals surface area (Å²) in [5.74, 6) is -0.241. The number of aliphatic imine (C=N–C) groups is 1. The standard InChI is InChI=1S/C16H20N4O3S/c1-16(2,3)10-12(15(21)18-9-8-17)19-14-11-6-4-5-7-13(11)24(22,23)20-14/h4-7,12H,9-10H2,1-3H3,(H,18,21)(H,19,20)/t12-/m0/s1. The van der Waals surface area contributed by atoms with E-state index in [9.17, 15) is 13.2 Å². The molecule has 0 aliphatic carbocycles. The number of hydrogen-bond acceptors (Lipinski definition) is 5. The van der Waals surface area contributed by atoms with E-state index in [4.69, 9.17) is 5.26 Å². The molecule has 0 bridgehead atoms. The molecule has 0 fully saturated rings. The second kappa shape index (κ2) is 6.61. The Bertz CT molecular complexity index is 816. The zero-order valence-electron chi connectivity index (χ0n) is 13.8. The van der Waals surface area contributed by atoms with Crippen LogP contribution in [0.25, 0.3) is 0 Å². The van der Waals surface area contributed by atoms with Crippen molar-refractivity contribution in [2.75, 3.05) is 6.54 Å². The summed E-state index contributed by atoms with van der Waals surface area (Å²) in [7, 11) is -3.65. The third kappa shape index (κ3) is 4.11. The second-order valence-corrected chi connectivity index (χ2v) is 8.39. The van der Waals surface area contributed by atoms with E-state index in [-0.39, 0.29) is 22.7 Å². The Labute approximate surface area is 141 Å². The zero-order chi connectivity index (χ0) is 18.0. The number of carbonyl (C=O) groups excluding carboxylic acids is 1. The van der Waals surface area contributed by atoms with Crippen molar-refractivity contribution in [1.29, 1.82) is 5.26 Å². The van der Waals surface area contributed by atoms with E-state index in [1.165, 1.54) is 6.07 Å². The summed E-state index contributed by atoms with van der Waals surface area (Å²) in [5, 5.41) is 11.1. The van der Waals surface area contributed by atoms with Crippen LogP contribution in [-0.2, 0) is 14.8 Å². The maximum Gasteiger partial charge on any atom is 0.263 e. The van der Waals surface area contributed by atoms with Gasteiger partial charge in [0.25, 0.3) is 10.0 Å². The van der Waals surface area contributed by atoms with Gasteiger partial charge in [-0.05, 0) is 24.0 Å². The molecule has 0 radical (unpaired) electrons. The quantitative estimate of drug-likeness (QED) is 0.795. The van der Waals surface area contributed by atoms with Crippen LogP contribution in [0.2, 0.25) is 0 Å². The molecule has 1 aliphatic heterocycles. The van der Waals surface area contributed by atoms with Crippen LogP contribution < -0.4 is 10.0 Å². The minimum absolute atomic E-state index is 0.118. The molecule has 1 amide bonds. The highest BCUT2D eigenvalue weighted by molar-refractivity contribution is 7.90. The van der Waals surface area contributed by atoms with Crippen molar-refractivity contribution in [3.63, 3.8) is 0 Å². The Morgan fingerprint density at radius 1 is 1.38 bits per heavy atom. The van der Waals surface area contributed by atoms with E-state index in [0.29, 0.717) is 12.0 Å². The predicted octanol–water partition coefficient (Wildman–Crippen LogP) is 1.17. The lowest BCUT2D eigenvalue weighted by atomic mass is 9.88. The fourth-order valence-electron chi connectivity index (χ4n) is 2.41. The number of nitrogens with zero attached hydrogens (tertiary/aromatic N) is 2. The van der Waals surface area contributed by atoms with Crippen LogP contribution in [0.5, 0.6) is 0 Å². The van der Waals surface area contributed by atoms with Gasteiger partial charge < -0.3 is 5.32 Å². The van der Waals surface area contributed by atoms with Gasteiger partial charge in [0.1, 0.15) is 18.4 Å². The van der Waals surface area contributed by atoms with Crippen LogP contribution in [0.15, 0.2) is 34.2 Å². The monoisotopic (exact) mass is 348 g/mol. The molecular formula is C16H20N4O3S. The van der Waals surface area contributed by atoms with Gasteiger partial charge in [-0.15, -0.1) is 0 Å². The molecule has 1 aliphatic rings. The fourth-order valence-corrected chi connectivity index (χ4v) is 3.65. The van der Waals surface area contributed by atoms with Gasteiger partial charge in [0.15, 0.2) is 0 Å². The molecular weight excluding hydrogens is 328 g/mol. The highest BCUT2D eigenvalue weighted by atomic mass is 32.2. The third-order valence-electron chi connectivity index (χ3n) is 3.40. The molecule has 0 aromatic heterocycles. The Morgan fingerprint density at radius 3 is 2.67 bits per heavy atom. The van der Waals surface area contributed by atoms with Crippen molar-refractivity contribution in [2.45, 2.75) is 38.1 Å². The van der Waals surface area contributed by atoms with Crippen LogP contribution in [0.4, 0.5) is 0 Å². The number of benzene rings is 1. The average Bonchev–Trinajstić information content (AvgIpc) is 2.74. The first-order valence-corrected chi connectivity index (χ1v) is 8.97. The highest BCUT2D eigenvalue weighted by Gasteiger charge is 2.32. The molecule has 128 valence electrons. The minimum atomic E-state index is -3.65. The smallest absolute Gasteiger partial charge is 0.263 e. The van der Waals surface area contributed by atoms with Crippen molar-refractivity contribution in [3.8, 4) is 6.07 Å². The first-order valence-electron chi connectivity index (χ1n) is 7.49. The van der Waals surface area contributed by atoms with Crippen LogP contribution in [0.1, 0.15) is 32.8 Å². The van der Waals surface area contributed by atoms with Gasteiger partial charge in [-0.1, -0.05) is 32.9 Å². The lowest BCUT2D eigenvalue weighted by Gasteiger charge is -2.23. The first kappa shape index (κ1) is 17.9. The van der Waals surface area contributed by atoms with Crippen LogP contribution in [0, 0.1) is 16.7 Å². The van der Waals surface area contributed by atoms with E-state index >= 15 is 0 Å². The predicted molar refractivity (Wildman–Crippen MR) is 89.8 cm³/mol. The van der Waals surface area contributed by atoms with Crippen LogP contribution in [0.3, 0.4) is 0 Å². The molecule has 1 heterocycles. The van der Waals surface area contributed by atoms with Gasteiger partial charge in [0, 0.05) is 5.56 Å². The molecule has 0 unspecified atom stereocenters. The van der Waals surface area contributed by atoms with Gasteiger partial charge in [-0.25, -0.2) is 8.42 Å². The largest absolute Gasteiger partial charge is 0.341 e. The van der Waals surface area contributed by atoms with Crippen molar-refractivity contribution in [2.24, 2.45) is 10.4 Å². The van der Waals surface area contributed by atoms with E-state index < -0.39 is 22.0 Å². The molecule has 24 heavy (non-hydrogen) atoms. The zero-order valence-corrected chi connectivity index (χ0v) is 14.6. The topological polar surface area (TPSA) is 111 Å². The third-order valence-corrected chi connectivity index (χ3v) is 4.79. The van der Waals surface area contributed by atoms with Gasteiger partial charge in [-0.2, -0.15) is 5.26 Å². The number of amides is 1. The molecule has 1 aromatic rings. The summed E-state index contributed by atoms with van der Waals surface area (Å²) in [6.07, 6.45) is 0.414. The number of rotatable bonds is 4. The summed E-state index contributed by atoms with van der Waals surface area (Å²) in [5.41, 5.74) is 0.250. The Kier molecular flexibility index (Phi) is 4.94. The number of nitrogens with one attached hydrogen (secondary N) is 2. The average molecular weight is 348 g/mol.